The third-order valence-electron chi connectivity index (χ3n) is 11.9. The van der Waals surface area contributed by atoms with Gasteiger partial charge in [0.15, 0.2) is 0 Å². The van der Waals surface area contributed by atoms with Crippen LogP contribution in [0.1, 0.15) is 104 Å². The minimum Gasteiger partial charge on any atom is -0.399 e. The Morgan fingerprint density at radius 2 is 1.23 bits per heavy atom. The molecule has 2 aromatic carbocycles. The summed E-state index contributed by atoms with van der Waals surface area (Å²) in [4.78, 5) is 45.0. The molecule has 61 heavy (non-hydrogen) atoms. The minimum atomic E-state index is -4.66. The van der Waals surface area contributed by atoms with Gasteiger partial charge in [-0.2, -0.15) is 13.2 Å². The molecule has 3 aromatic heterocycles. The number of carbonyl (C=O) groups is 2. The number of amides is 2. The second kappa shape index (κ2) is 17.1. The van der Waals surface area contributed by atoms with E-state index in [0.717, 1.165) is 50.4 Å². The monoisotopic (exact) mass is 846 g/mol. The van der Waals surface area contributed by atoms with Gasteiger partial charge in [-0.25, -0.2) is 28.7 Å². The molecule has 3 aliphatic rings. The third kappa shape index (κ3) is 9.54. The van der Waals surface area contributed by atoms with Gasteiger partial charge in [-0.1, -0.05) is 18.2 Å². The fourth-order valence-corrected chi connectivity index (χ4v) is 7.23. The molecule has 2 saturated carbocycles. The first-order valence-electron chi connectivity index (χ1n) is 20.2. The lowest BCUT2D eigenvalue weighted by atomic mass is 9.77. The highest BCUT2D eigenvalue weighted by Crippen LogP contribution is 2.37. The van der Waals surface area contributed by atoms with E-state index in [2.05, 4.69) is 19.9 Å². The van der Waals surface area contributed by atoms with Crippen molar-refractivity contribution in [2.75, 3.05) is 0 Å². The predicted octanol–water partition coefficient (Wildman–Crippen LogP) is 7.28. The summed E-state index contributed by atoms with van der Waals surface area (Å²) in [7, 11) is 2.83. The van der Waals surface area contributed by atoms with Gasteiger partial charge in [0.2, 0.25) is 0 Å². The van der Waals surface area contributed by atoms with Gasteiger partial charge in [-0.05, 0) is 102 Å². The van der Waals surface area contributed by atoms with Crippen LogP contribution in [-0.4, -0.2) is 81.1 Å². The molecular formula is C43H48BF5N8O4. The second-order valence-corrected chi connectivity index (χ2v) is 16.9. The van der Waals surface area contributed by atoms with Crippen molar-refractivity contribution < 1.29 is 40.8 Å². The fourth-order valence-electron chi connectivity index (χ4n) is 7.23. The Morgan fingerprint density at radius 1 is 0.738 bits per heavy atom. The molecule has 0 spiro atoms. The highest BCUT2D eigenvalue weighted by Gasteiger charge is 2.52. The maximum Gasteiger partial charge on any atom is 0.497 e. The third-order valence-corrected chi connectivity index (χ3v) is 11.9. The molecule has 2 amide bonds. The molecule has 3 fully saturated rings. The van der Waals surface area contributed by atoms with Gasteiger partial charge in [0.1, 0.15) is 35.0 Å². The number of imidazole rings is 2. The lowest BCUT2D eigenvalue weighted by Crippen LogP contribution is -2.44. The lowest BCUT2D eigenvalue weighted by Gasteiger charge is -2.37. The Balaban J connectivity index is 0.000000184. The maximum absolute atomic E-state index is 14.7. The molecule has 8 rings (SSSR count). The molecule has 1 aliphatic heterocycles. The van der Waals surface area contributed by atoms with Crippen molar-refractivity contribution in [1.29, 1.82) is 0 Å². The van der Waals surface area contributed by atoms with Gasteiger partial charge in [0, 0.05) is 62.7 Å². The number of nitrogens with zero attached hydrogens (tertiary/aromatic N) is 8. The van der Waals surface area contributed by atoms with Crippen LogP contribution in [0, 0.1) is 11.6 Å². The molecule has 0 unspecified atom stereocenters. The summed E-state index contributed by atoms with van der Waals surface area (Å²) in [6.45, 7) is 8.35. The Hall–Kier alpha value is -5.49. The normalized spacial score (nSPS) is 17.3. The first-order chi connectivity index (χ1) is 28.8. The number of aryl methyl sites for hydroxylation is 2. The topological polar surface area (TPSA) is 121 Å². The van der Waals surface area contributed by atoms with Gasteiger partial charge < -0.3 is 28.2 Å². The van der Waals surface area contributed by atoms with E-state index in [9.17, 15) is 31.5 Å². The number of hydrogen-bond donors (Lipinski definition) is 0. The van der Waals surface area contributed by atoms with Crippen molar-refractivity contribution in [2.45, 2.75) is 109 Å². The Labute approximate surface area is 351 Å². The molecule has 4 heterocycles. The average Bonchev–Trinajstić information content (AvgIpc) is 3.86. The highest BCUT2D eigenvalue weighted by atomic mass is 19.4. The van der Waals surface area contributed by atoms with E-state index in [1.54, 1.807) is 51.9 Å². The standard InChI is InChI=1S/C22H29BFN3O3.C21H19F4N5O/c1-21(2)22(3,4)30-23(29-21)17-11-15(9-10-18(17)24)12-27(16-7-6-8-16)20(28)19-13-26(5)14-25-19;1-29-10-18(28-12-29)20(31)30(14-3-2-4-14)9-13-5-6-16(22)15(7-13)17-8-19(21(23,24)25)27-11-26-17/h9-11,13-14,16H,6-8,12H2,1-5H3;5-8,10-12,14H,2-4,9H2,1H3. The maximum atomic E-state index is 14.7. The van der Waals surface area contributed by atoms with E-state index in [1.165, 1.54) is 30.6 Å². The number of benzene rings is 2. The molecule has 5 aromatic rings. The van der Waals surface area contributed by atoms with E-state index >= 15 is 0 Å². The van der Waals surface area contributed by atoms with Crippen LogP contribution in [0.2, 0.25) is 0 Å². The summed E-state index contributed by atoms with van der Waals surface area (Å²) in [6.07, 6.45) is 8.39. The summed E-state index contributed by atoms with van der Waals surface area (Å²) in [6, 6.07) is 9.96. The predicted molar refractivity (Wildman–Crippen MR) is 216 cm³/mol. The molecule has 0 atom stereocenters. The van der Waals surface area contributed by atoms with Crippen molar-refractivity contribution in [3.05, 3.63) is 114 Å². The highest BCUT2D eigenvalue weighted by molar-refractivity contribution is 6.62. The van der Waals surface area contributed by atoms with Gasteiger partial charge in [-0.15, -0.1) is 0 Å². The van der Waals surface area contributed by atoms with Crippen LogP contribution in [0.3, 0.4) is 0 Å². The van der Waals surface area contributed by atoms with Gasteiger partial charge >= 0.3 is 13.3 Å². The van der Waals surface area contributed by atoms with Crippen LogP contribution >= 0.6 is 0 Å². The van der Waals surface area contributed by atoms with E-state index in [4.69, 9.17) is 9.31 Å². The minimum absolute atomic E-state index is 0.0406. The van der Waals surface area contributed by atoms with Crippen LogP contribution in [0.5, 0.6) is 0 Å². The van der Waals surface area contributed by atoms with Crippen LogP contribution in [0.25, 0.3) is 11.3 Å². The zero-order valence-corrected chi connectivity index (χ0v) is 34.9. The van der Waals surface area contributed by atoms with E-state index < -0.39 is 36.0 Å². The smallest absolute Gasteiger partial charge is 0.399 e. The molecule has 12 nitrogen and oxygen atoms in total. The van der Waals surface area contributed by atoms with Crippen LogP contribution in [-0.2, 0) is 42.7 Å². The number of halogens is 5. The van der Waals surface area contributed by atoms with Gasteiger partial charge in [0.25, 0.3) is 11.8 Å². The van der Waals surface area contributed by atoms with Crippen molar-refractivity contribution in [3.8, 4) is 11.3 Å². The van der Waals surface area contributed by atoms with Crippen molar-refractivity contribution in [2.24, 2.45) is 14.1 Å². The van der Waals surface area contributed by atoms with E-state index in [0.29, 0.717) is 35.0 Å². The number of aromatic nitrogens is 6. The quantitative estimate of drug-likeness (QED) is 0.106. The van der Waals surface area contributed by atoms with Crippen molar-refractivity contribution >= 4 is 24.4 Å². The zero-order chi connectivity index (χ0) is 43.9. The van der Waals surface area contributed by atoms with Crippen LogP contribution < -0.4 is 5.46 Å². The Morgan fingerprint density at radius 3 is 1.67 bits per heavy atom. The van der Waals surface area contributed by atoms with E-state index in [-0.39, 0.29) is 47.5 Å². The molecule has 0 bridgehead atoms. The fraction of sp³-hybridized carbons (Fsp3) is 0.442. The van der Waals surface area contributed by atoms with Gasteiger partial charge in [0.05, 0.1) is 29.6 Å². The zero-order valence-electron chi connectivity index (χ0n) is 34.9. The summed E-state index contributed by atoms with van der Waals surface area (Å²) >= 11 is 0. The second-order valence-electron chi connectivity index (χ2n) is 16.9. The van der Waals surface area contributed by atoms with E-state index in [1.807, 2.05) is 39.6 Å². The molecule has 2 aliphatic carbocycles. The molecular weight excluding hydrogens is 798 g/mol. The van der Waals surface area contributed by atoms with Crippen molar-refractivity contribution in [3.63, 3.8) is 0 Å². The average molecular weight is 847 g/mol. The van der Waals surface area contributed by atoms with Gasteiger partial charge in [-0.3, -0.25) is 9.59 Å². The number of rotatable bonds is 10. The van der Waals surface area contributed by atoms with Crippen LogP contribution in [0.15, 0.2) is 73.8 Å². The first kappa shape index (κ1) is 43.6. The number of alkyl halides is 3. The summed E-state index contributed by atoms with van der Waals surface area (Å²) in [5.41, 5.74) is 0.0306. The number of hydrogen-bond acceptors (Lipinski definition) is 8. The lowest BCUT2D eigenvalue weighted by molar-refractivity contribution is -0.141. The Bertz CT molecular complexity index is 2380. The SMILES string of the molecule is Cn1cnc(C(=O)N(Cc2ccc(F)c(-c3cc(C(F)(F)F)ncn3)c2)C2CCC2)c1.Cn1cnc(C(=O)N(Cc2ccc(F)c(B3OC(C)(C)C(C)(C)O3)c2)C2CCC2)c1. The van der Waals surface area contributed by atoms with Crippen molar-refractivity contribution in [1.82, 2.24) is 38.9 Å². The Kier molecular flexibility index (Phi) is 12.2. The molecule has 18 heteroatoms. The number of carbonyl (C=O) groups excluding carboxylic acids is 2. The summed E-state index contributed by atoms with van der Waals surface area (Å²) in [5, 5.41) is 0. The summed E-state index contributed by atoms with van der Waals surface area (Å²) in [5.74, 6) is -1.41. The first-order valence-corrected chi connectivity index (χ1v) is 20.2. The molecule has 322 valence electrons. The summed E-state index contributed by atoms with van der Waals surface area (Å²) < 4.78 is 83.6. The van der Waals surface area contributed by atoms with Crippen LogP contribution in [0.4, 0.5) is 22.0 Å². The largest absolute Gasteiger partial charge is 0.497 e. The molecule has 0 radical (unpaired) electrons. The molecule has 1 saturated heterocycles. The molecule has 0 N–H and O–H groups in total.